The van der Waals surface area contributed by atoms with Crippen molar-refractivity contribution in [2.45, 2.75) is 38.3 Å². The second-order valence-corrected chi connectivity index (χ2v) is 7.06. The standard InChI is InChI=1S/C12H19NO3S/c1-17(15,16)9-3-7-13-8-6-10-11(13)4-2-5-12(10)14/h6,8,12,14H,2-5,7,9H2,1H3. The summed E-state index contributed by atoms with van der Waals surface area (Å²) in [6.07, 6.45) is 6.34. The van der Waals surface area contributed by atoms with E-state index in [2.05, 4.69) is 4.57 Å². The monoisotopic (exact) mass is 257 g/mol. The van der Waals surface area contributed by atoms with Gasteiger partial charge in [-0.25, -0.2) is 8.42 Å². The molecule has 0 radical (unpaired) electrons. The maximum Gasteiger partial charge on any atom is 0.147 e. The highest BCUT2D eigenvalue weighted by Crippen LogP contribution is 2.30. The predicted octanol–water partition coefficient (Wildman–Crippen LogP) is 1.29. The highest BCUT2D eigenvalue weighted by molar-refractivity contribution is 7.90. The topological polar surface area (TPSA) is 59.3 Å². The Morgan fingerprint density at radius 1 is 1.53 bits per heavy atom. The van der Waals surface area contributed by atoms with E-state index in [0.29, 0.717) is 6.42 Å². The van der Waals surface area contributed by atoms with Gasteiger partial charge in [-0.3, -0.25) is 0 Å². The van der Waals surface area contributed by atoms with Gasteiger partial charge in [0.1, 0.15) is 9.84 Å². The number of fused-ring (bicyclic) bond motifs is 1. The van der Waals surface area contributed by atoms with Crippen LogP contribution in [0.1, 0.15) is 36.6 Å². The summed E-state index contributed by atoms with van der Waals surface area (Å²) in [6, 6.07) is 1.96. The molecule has 17 heavy (non-hydrogen) atoms. The molecule has 1 N–H and O–H groups in total. The smallest absolute Gasteiger partial charge is 0.147 e. The second kappa shape index (κ2) is 4.82. The van der Waals surface area contributed by atoms with Crippen LogP contribution in [0, 0.1) is 0 Å². The number of hydrogen-bond acceptors (Lipinski definition) is 3. The fourth-order valence-electron chi connectivity index (χ4n) is 2.44. The third kappa shape index (κ3) is 3.10. The van der Waals surface area contributed by atoms with Crippen molar-refractivity contribution in [3.8, 4) is 0 Å². The lowest BCUT2D eigenvalue weighted by molar-refractivity contribution is 0.155. The summed E-state index contributed by atoms with van der Waals surface area (Å²) in [6.45, 7) is 0.717. The summed E-state index contributed by atoms with van der Waals surface area (Å²) < 4.78 is 24.2. The number of aliphatic hydroxyl groups excluding tert-OH is 1. The lowest BCUT2D eigenvalue weighted by atomic mass is 9.95. The zero-order valence-electron chi connectivity index (χ0n) is 10.1. The van der Waals surface area contributed by atoms with Gasteiger partial charge >= 0.3 is 0 Å². The fourth-order valence-corrected chi connectivity index (χ4v) is 3.09. The van der Waals surface area contributed by atoms with Gasteiger partial charge in [0.05, 0.1) is 11.9 Å². The van der Waals surface area contributed by atoms with Gasteiger partial charge in [0, 0.05) is 30.3 Å². The minimum atomic E-state index is -2.87. The van der Waals surface area contributed by atoms with Crippen molar-refractivity contribution in [3.63, 3.8) is 0 Å². The van der Waals surface area contributed by atoms with E-state index in [1.165, 1.54) is 11.9 Å². The summed E-state index contributed by atoms with van der Waals surface area (Å²) in [4.78, 5) is 0. The first-order valence-corrected chi connectivity index (χ1v) is 8.07. The first-order chi connectivity index (χ1) is 7.97. The minimum Gasteiger partial charge on any atom is -0.388 e. The van der Waals surface area contributed by atoms with E-state index >= 15 is 0 Å². The molecule has 1 unspecified atom stereocenters. The molecule has 1 aromatic rings. The van der Waals surface area contributed by atoms with Gasteiger partial charge in [-0.05, 0) is 31.7 Å². The van der Waals surface area contributed by atoms with Gasteiger partial charge in [-0.2, -0.15) is 0 Å². The summed E-state index contributed by atoms with van der Waals surface area (Å²) in [5.41, 5.74) is 2.20. The van der Waals surface area contributed by atoms with Gasteiger partial charge in [0.15, 0.2) is 0 Å². The molecule has 0 bridgehead atoms. The van der Waals surface area contributed by atoms with Crippen molar-refractivity contribution in [1.82, 2.24) is 4.57 Å². The minimum absolute atomic E-state index is 0.225. The SMILES string of the molecule is CS(=O)(=O)CCCn1ccc2c1CCCC2O. The van der Waals surface area contributed by atoms with Crippen molar-refractivity contribution < 1.29 is 13.5 Å². The van der Waals surface area contributed by atoms with E-state index < -0.39 is 9.84 Å². The Kier molecular flexibility index (Phi) is 3.58. The van der Waals surface area contributed by atoms with Crippen LogP contribution in [0.3, 0.4) is 0 Å². The molecule has 2 rings (SSSR count). The van der Waals surface area contributed by atoms with Crippen LogP contribution in [-0.4, -0.2) is 30.1 Å². The predicted molar refractivity (Wildman–Crippen MR) is 66.7 cm³/mol. The van der Waals surface area contributed by atoms with Crippen LogP contribution in [0.2, 0.25) is 0 Å². The van der Waals surface area contributed by atoms with Crippen molar-refractivity contribution in [3.05, 3.63) is 23.5 Å². The van der Waals surface area contributed by atoms with Crippen LogP contribution in [0.4, 0.5) is 0 Å². The molecule has 1 atom stereocenters. The molecular formula is C12H19NO3S. The van der Waals surface area contributed by atoms with Crippen molar-refractivity contribution in [1.29, 1.82) is 0 Å². The van der Waals surface area contributed by atoms with E-state index in [-0.39, 0.29) is 11.9 Å². The van der Waals surface area contributed by atoms with Crippen LogP contribution in [0.15, 0.2) is 12.3 Å². The number of aryl methyl sites for hydroxylation is 1. The van der Waals surface area contributed by atoms with Gasteiger partial charge < -0.3 is 9.67 Å². The summed E-state index contributed by atoms with van der Waals surface area (Å²) in [7, 11) is -2.87. The van der Waals surface area contributed by atoms with E-state index in [0.717, 1.165) is 31.4 Å². The van der Waals surface area contributed by atoms with Crippen molar-refractivity contribution >= 4 is 9.84 Å². The van der Waals surface area contributed by atoms with Gasteiger partial charge in [0.25, 0.3) is 0 Å². The van der Waals surface area contributed by atoms with E-state index in [1.54, 1.807) is 0 Å². The second-order valence-electron chi connectivity index (χ2n) is 4.80. The van der Waals surface area contributed by atoms with Crippen LogP contribution in [-0.2, 0) is 22.8 Å². The van der Waals surface area contributed by atoms with Crippen molar-refractivity contribution in [2.24, 2.45) is 0 Å². The Morgan fingerprint density at radius 3 is 3.00 bits per heavy atom. The molecule has 1 aromatic heterocycles. The Hall–Kier alpha value is -0.810. The first-order valence-electron chi connectivity index (χ1n) is 6.01. The molecule has 0 saturated heterocycles. The van der Waals surface area contributed by atoms with Crippen molar-refractivity contribution in [2.75, 3.05) is 12.0 Å². The molecule has 5 heteroatoms. The molecule has 0 amide bonds. The van der Waals surface area contributed by atoms with Gasteiger partial charge in [0.2, 0.25) is 0 Å². The fraction of sp³-hybridized carbons (Fsp3) is 0.667. The molecule has 96 valence electrons. The Labute approximate surface area is 102 Å². The molecule has 1 heterocycles. The number of aromatic nitrogens is 1. The van der Waals surface area contributed by atoms with E-state index in [4.69, 9.17) is 0 Å². The summed E-state index contributed by atoms with van der Waals surface area (Å²) >= 11 is 0. The Bertz CT molecular complexity index is 490. The average molecular weight is 257 g/mol. The normalized spacial score (nSPS) is 20.2. The number of hydrogen-bond donors (Lipinski definition) is 1. The lowest BCUT2D eigenvalue weighted by Gasteiger charge is -2.20. The molecule has 0 fully saturated rings. The zero-order valence-corrected chi connectivity index (χ0v) is 10.9. The number of rotatable bonds is 4. The van der Waals surface area contributed by atoms with E-state index in [9.17, 15) is 13.5 Å². The number of aliphatic hydroxyl groups is 1. The van der Waals surface area contributed by atoms with E-state index in [1.807, 2.05) is 12.3 Å². The Balaban J connectivity index is 2.03. The maximum absolute atomic E-state index is 11.1. The molecule has 1 aliphatic carbocycles. The number of sulfone groups is 1. The molecule has 0 spiro atoms. The molecule has 0 aliphatic heterocycles. The molecule has 1 aliphatic rings. The highest BCUT2D eigenvalue weighted by atomic mass is 32.2. The van der Waals surface area contributed by atoms with Gasteiger partial charge in [-0.1, -0.05) is 0 Å². The number of nitrogens with zero attached hydrogens (tertiary/aromatic N) is 1. The van der Waals surface area contributed by atoms with Crippen LogP contribution in [0.25, 0.3) is 0 Å². The molecule has 0 aromatic carbocycles. The lowest BCUT2D eigenvalue weighted by Crippen LogP contribution is -2.13. The quantitative estimate of drug-likeness (QED) is 0.884. The molecular weight excluding hydrogens is 238 g/mol. The molecule has 4 nitrogen and oxygen atoms in total. The zero-order chi connectivity index (χ0) is 12.5. The van der Waals surface area contributed by atoms with Crippen LogP contribution >= 0.6 is 0 Å². The first kappa shape index (κ1) is 12.6. The van der Waals surface area contributed by atoms with Crippen LogP contribution < -0.4 is 0 Å². The van der Waals surface area contributed by atoms with Crippen LogP contribution in [0.5, 0.6) is 0 Å². The summed E-state index contributed by atoms with van der Waals surface area (Å²) in [5, 5.41) is 9.82. The largest absolute Gasteiger partial charge is 0.388 e. The Morgan fingerprint density at radius 2 is 2.29 bits per heavy atom. The third-order valence-electron chi connectivity index (χ3n) is 3.28. The molecule has 0 saturated carbocycles. The van der Waals surface area contributed by atoms with Gasteiger partial charge in [-0.15, -0.1) is 0 Å². The maximum atomic E-state index is 11.1. The third-order valence-corrected chi connectivity index (χ3v) is 4.31. The average Bonchev–Trinajstić information content (AvgIpc) is 2.61. The summed E-state index contributed by atoms with van der Waals surface area (Å²) in [5.74, 6) is 0.225. The highest BCUT2D eigenvalue weighted by Gasteiger charge is 2.20.